The summed E-state index contributed by atoms with van der Waals surface area (Å²) in [6.45, 7) is 2.99. The molecular weight excluding hydrogens is 482 g/mol. The van der Waals surface area contributed by atoms with E-state index < -0.39 is 18.8 Å². The van der Waals surface area contributed by atoms with E-state index in [2.05, 4.69) is 26.1 Å². The quantitative estimate of drug-likeness (QED) is 0.333. The van der Waals surface area contributed by atoms with Crippen LogP contribution >= 0.6 is 0 Å². The molecule has 0 unspecified atom stereocenters. The zero-order valence-corrected chi connectivity index (χ0v) is 20.8. The van der Waals surface area contributed by atoms with Gasteiger partial charge in [0.25, 0.3) is 0 Å². The van der Waals surface area contributed by atoms with Gasteiger partial charge >= 0.3 is 6.18 Å². The maximum atomic E-state index is 13.7. The molecule has 2 N–H and O–H groups in total. The number of benzene rings is 1. The fourth-order valence-corrected chi connectivity index (χ4v) is 5.74. The van der Waals surface area contributed by atoms with Crippen molar-refractivity contribution in [1.29, 1.82) is 0 Å². The number of alkyl halides is 4. The molecule has 5 nitrogen and oxygen atoms in total. The summed E-state index contributed by atoms with van der Waals surface area (Å²) in [4.78, 5) is 11.7. The average Bonchev–Trinajstić information content (AvgIpc) is 3.46. The summed E-state index contributed by atoms with van der Waals surface area (Å²) >= 11 is 0. The Morgan fingerprint density at radius 2 is 2.08 bits per heavy atom. The number of halogens is 4. The van der Waals surface area contributed by atoms with Crippen molar-refractivity contribution in [1.82, 2.24) is 19.8 Å². The maximum Gasteiger partial charge on any atom is 0.401 e. The second-order valence-corrected chi connectivity index (χ2v) is 10.1. The van der Waals surface area contributed by atoms with Gasteiger partial charge in [0.1, 0.15) is 0 Å². The predicted molar refractivity (Wildman–Crippen MR) is 137 cm³/mol. The predicted octanol–water partition coefficient (Wildman–Crippen LogP) is 5.29. The van der Waals surface area contributed by atoms with E-state index in [4.69, 9.17) is 6.42 Å². The van der Waals surface area contributed by atoms with Gasteiger partial charge in [-0.1, -0.05) is 5.92 Å². The monoisotopic (exact) mass is 513 g/mol. The Morgan fingerprint density at radius 3 is 2.78 bits per heavy atom. The van der Waals surface area contributed by atoms with E-state index in [1.54, 1.807) is 6.20 Å². The molecule has 0 bridgehead atoms. The first-order valence-corrected chi connectivity index (χ1v) is 12.7. The Morgan fingerprint density at radius 1 is 1.24 bits per heavy atom. The van der Waals surface area contributed by atoms with Gasteiger partial charge in [-0.3, -0.25) is 14.3 Å². The highest BCUT2D eigenvalue weighted by molar-refractivity contribution is 5.86. The minimum Gasteiger partial charge on any atom is -0.380 e. The van der Waals surface area contributed by atoms with Crippen molar-refractivity contribution in [2.45, 2.75) is 50.5 Å². The number of hydrogen-bond acceptors (Lipinski definition) is 4. The highest BCUT2D eigenvalue weighted by atomic mass is 19.4. The van der Waals surface area contributed by atoms with Crippen LogP contribution in [0, 0.1) is 12.3 Å². The molecule has 1 saturated heterocycles. The molecule has 4 heterocycles. The molecule has 196 valence electrons. The van der Waals surface area contributed by atoms with E-state index in [0.717, 1.165) is 59.5 Å². The van der Waals surface area contributed by atoms with Gasteiger partial charge in [-0.05, 0) is 62.1 Å². The first kappa shape index (κ1) is 25.6. The normalized spacial score (nSPS) is 22.8. The summed E-state index contributed by atoms with van der Waals surface area (Å²) in [6.07, 6.45) is 4.92. The van der Waals surface area contributed by atoms with Gasteiger partial charge in [0, 0.05) is 53.9 Å². The molecule has 9 heteroatoms. The van der Waals surface area contributed by atoms with Crippen LogP contribution in [0.2, 0.25) is 0 Å². The van der Waals surface area contributed by atoms with Crippen LogP contribution in [0.25, 0.3) is 10.9 Å². The first-order chi connectivity index (χ1) is 17.8. The topological polar surface area (TPSA) is 47.2 Å². The van der Waals surface area contributed by atoms with Gasteiger partial charge in [-0.15, -0.1) is 6.42 Å². The number of nitrogens with one attached hydrogen (secondary N) is 2. The van der Waals surface area contributed by atoms with Gasteiger partial charge in [-0.2, -0.15) is 13.2 Å². The highest BCUT2D eigenvalue weighted by Crippen LogP contribution is 2.41. The number of anilines is 1. The summed E-state index contributed by atoms with van der Waals surface area (Å²) in [5.41, 5.74) is 4.70. The van der Waals surface area contributed by atoms with E-state index in [0.29, 0.717) is 18.5 Å². The molecule has 0 aliphatic carbocycles. The number of aromatic nitrogens is 2. The zero-order chi connectivity index (χ0) is 26.2. The van der Waals surface area contributed by atoms with Crippen LogP contribution in [0.5, 0.6) is 0 Å². The highest BCUT2D eigenvalue weighted by Gasteiger charge is 2.42. The zero-order valence-electron chi connectivity index (χ0n) is 20.8. The smallest absolute Gasteiger partial charge is 0.380 e. The van der Waals surface area contributed by atoms with Crippen LogP contribution in [0.1, 0.15) is 48.3 Å². The minimum absolute atomic E-state index is 0.231. The molecule has 5 rings (SSSR count). The van der Waals surface area contributed by atoms with E-state index in [1.165, 1.54) is 4.90 Å². The van der Waals surface area contributed by atoms with Crippen LogP contribution in [-0.4, -0.2) is 70.9 Å². The lowest BCUT2D eigenvalue weighted by Gasteiger charge is -2.40. The SMILES string of the molecule is C#Cc1ccc2[nH]c3c(c2c1)C[C@@H](C)N(CC(F)(F)F)[C@@H]3c1ccc(N[C@H]2CCN(CCCF)C2)cn1. The molecular formula is C28H31F4N5. The average molecular weight is 514 g/mol. The number of pyridine rings is 1. The van der Waals surface area contributed by atoms with Crippen LogP contribution in [-0.2, 0) is 6.42 Å². The molecule has 2 aromatic heterocycles. The maximum absolute atomic E-state index is 13.7. The van der Waals surface area contributed by atoms with Crippen LogP contribution in [0.4, 0.5) is 23.2 Å². The van der Waals surface area contributed by atoms with E-state index in [1.807, 2.05) is 37.3 Å². The molecule has 3 aromatic rings. The lowest BCUT2D eigenvalue weighted by molar-refractivity contribution is -0.155. The van der Waals surface area contributed by atoms with Crippen molar-refractivity contribution in [2.24, 2.45) is 0 Å². The number of fused-ring (bicyclic) bond motifs is 3. The van der Waals surface area contributed by atoms with Gasteiger partial charge in [-0.25, -0.2) is 0 Å². The standard InChI is InChI=1S/C28H31F4N5/c1-3-19-5-7-24-22(14-19)23-13-18(2)37(17-28(30,31)32)27(26(23)35-24)25-8-6-20(15-33-25)34-21-9-12-36(16-21)11-4-10-29/h1,5-8,14-15,18,21,27,34-35H,4,9-13,16-17H2,2H3/t18-,21+,27-/m1/s1. The summed E-state index contributed by atoms with van der Waals surface area (Å²) in [5.74, 6) is 2.65. The molecule has 37 heavy (non-hydrogen) atoms. The Labute approximate surface area is 214 Å². The molecule has 1 fully saturated rings. The van der Waals surface area contributed by atoms with Gasteiger partial charge in [0.15, 0.2) is 0 Å². The number of nitrogens with zero attached hydrogens (tertiary/aromatic N) is 3. The van der Waals surface area contributed by atoms with Crippen molar-refractivity contribution in [3.63, 3.8) is 0 Å². The summed E-state index contributed by atoms with van der Waals surface area (Å²) < 4.78 is 53.4. The van der Waals surface area contributed by atoms with Crippen molar-refractivity contribution in [3.05, 3.63) is 59.0 Å². The third kappa shape index (κ3) is 5.46. The van der Waals surface area contributed by atoms with Gasteiger partial charge in [0.05, 0.1) is 36.8 Å². The fraction of sp³-hybridized carbons (Fsp3) is 0.464. The Bertz CT molecular complexity index is 1280. The molecule has 0 radical (unpaired) electrons. The largest absolute Gasteiger partial charge is 0.401 e. The van der Waals surface area contributed by atoms with Crippen molar-refractivity contribution >= 4 is 16.6 Å². The van der Waals surface area contributed by atoms with Crippen molar-refractivity contribution in [2.75, 3.05) is 38.2 Å². The van der Waals surface area contributed by atoms with E-state index >= 15 is 0 Å². The molecule has 3 atom stereocenters. The lowest BCUT2D eigenvalue weighted by atomic mass is 9.90. The van der Waals surface area contributed by atoms with E-state index in [-0.39, 0.29) is 18.8 Å². The molecule has 0 spiro atoms. The van der Waals surface area contributed by atoms with Crippen molar-refractivity contribution < 1.29 is 17.6 Å². The molecule has 2 aliphatic heterocycles. The fourth-order valence-electron chi connectivity index (χ4n) is 5.74. The summed E-state index contributed by atoms with van der Waals surface area (Å²) in [5, 5.41) is 4.42. The van der Waals surface area contributed by atoms with Gasteiger partial charge < -0.3 is 15.2 Å². The number of likely N-dealkylation sites (tertiary alicyclic amines) is 1. The van der Waals surface area contributed by atoms with Gasteiger partial charge in [0.2, 0.25) is 0 Å². The minimum atomic E-state index is -4.34. The molecule has 2 aliphatic rings. The number of aromatic amines is 1. The van der Waals surface area contributed by atoms with Crippen LogP contribution in [0.15, 0.2) is 36.5 Å². The number of rotatable bonds is 7. The van der Waals surface area contributed by atoms with Crippen molar-refractivity contribution in [3.8, 4) is 12.3 Å². The second-order valence-electron chi connectivity index (χ2n) is 10.1. The number of terminal acetylenes is 1. The molecule has 0 saturated carbocycles. The lowest BCUT2D eigenvalue weighted by Crippen LogP contribution is -2.47. The first-order valence-electron chi connectivity index (χ1n) is 12.7. The Balaban J connectivity index is 1.44. The number of H-pyrrole nitrogens is 1. The van der Waals surface area contributed by atoms with E-state index in [9.17, 15) is 17.6 Å². The Hall–Kier alpha value is -3.09. The third-order valence-electron chi connectivity index (χ3n) is 7.46. The molecule has 0 amide bonds. The second kappa shape index (κ2) is 10.3. The van der Waals surface area contributed by atoms with Crippen LogP contribution < -0.4 is 5.32 Å². The third-order valence-corrected chi connectivity index (χ3v) is 7.46. The van der Waals surface area contributed by atoms with Crippen LogP contribution in [0.3, 0.4) is 0 Å². The summed E-state index contributed by atoms with van der Waals surface area (Å²) in [6, 6.07) is 8.55. The Kier molecular flexibility index (Phi) is 7.15. The number of hydrogen-bond donors (Lipinski definition) is 2. The molecule has 1 aromatic carbocycles. The summed E-state index contributed by atoms with van der Waals surface area (Å²) in [7, 11) is 0.